The zero-order valence-corrected chi connectivity index (χ0v) is 24.3. The average Bonchev–Trinajstić information content (AvgIpc) is 2.84. The summed E-state index contributed by atoms with van der Waals surface area (Å²) in [5.41, 5.74) is 0. The Kier molecular flexibility index (Phi) is 29.0. The minimum atomic E-state index is 0.338. The first-order valence-electron chi connectivity index (χ1n) is 16.2. The van der Waals surface area contributed by atoms with E-state index >= 15 is 0 Å². The Morgan fingerprint density at radius 2 is 0.571 bits per heavy atom. The van der Waals surface area contributed by atoms with Crippen molar-refractivity contribution >= 4 is 11.6 Å². The van der Waals surface area contributed by atoms with Crippen LogP contribution in [0.3, 0.4) is 0 Å². The molecule has 0 aromatic carbocycles. The molecule has 0 heterocycles. The zero-order chi connectivity index (χ0) is 25.7. The first-order valence-corrected chi connectivity index (χ1v) is 16.2. The summed E-state index contributed by atoms with van der Waals surface area (Å²) in [6, 6.07) is 0. The van der Waals surface area contributed by atoms with Crippen molar-refractivity contribution < 1.29 is 9.59 Å². The molecule has 2 nitrogen and oxygen atoms in total. The Morgan fingerprint density at radius 3 is 0.829 bits per heavy atom. The van der Waals surface area contributed by atoms with Crippen molar-refractivity contribution in [2.75, 3.05) is 0 Å². The first kappa shape index (κ1) is 34.3. The molecule has 0 rings (SSSR count). The van der Waals surface area contributed by atoms with Crippen LogP contribution in [0.25, 0.3) is 0 Å². The second kappa shape index (κ2) is 29.6. The fraction of sp³-hybridized carbons (Fsp3) is 0.939. The van der Waals surface area contributed by atoms with Gasteiger partial charge in [-0.3, -0.25) is 4.79 Å². The molecule has 35 heavy (non-hydrogen) atoms. The maximum atomic E-state index is 12.1. The van der Waals surface area contributed by atoms with E-state index in [-0.39, 0.29) is 0 Å². The molecule has 0 aromatic rings. The average molecular weight is 493 g/mol. The van der Waals surface area contributed by atoms with E-state index in [0.717, 1.165) is 38.5 Å². The van der Waals surface area contributed by atoms with E-state index in [2.05, 4.69) is 6.92 Å². The number of unbranched alkanes of at least 4 members (excludes halogenated alkanes) is 24. The third-order valence-corrected chi connectivity index (χ3v) is 7.54. The van der Waals surface area contributed by atoms with Crippen LogP contribution in [0.2, 0.25) is 0 Å². The summed E-state index contributed by atoms with van der Waals surface area (Å²) in [6.45, 7) is 3.98. The molecular formula is C33H64O2. The van der Waals surface area contributed by atoms with Gasteiger partial charge in [0.05, 0.1) is 0 Å². The Hall–Kier alpha value is -0.660. The third-order valence-electron chi connectivity index (χ3n) is 7.54. The molecule has 0 saturated heterocycles. The molecule has 0 amide bonds. The fourth-order valence-electron chi connectivity index (χ4n) is 5.11. The maximum Gasteiger partial charge on any atom is 0.132 e. The van der Waals surface area contributed by atoms with Gasteiger partial charge in [0.25, 0.3) is 0 Å². The number of carbonyl (C=O) groups excluding carboxylic acids is 2. The van der Waals surface area contributed by atoms with Crippen LogP contribution in [0.15, 0.2) is 0 Å². The Labute approximate surface area is 221 Å². The van der Waals surface area contributed by atoms with E-state index in [1.54, 1.807) is 6.92 Å². The Balaban J connectivity index is 3.15. The van der Waals surface area contributed by atoms with Crippen molar-refractivity contribution in [1.29, 1.82) is 0 Å². The van der Waals surface area contributed by atoms with Gasteiger partial charge in [0, 0.05) is 19.3 Å². The molecule has 0 aliphatic carbocycles. The van der Waals surface area contributed by atoms with Crippen LogP contribution in [-0.4, -0.2) is 11.6 Å². The van der Waals surface area contributed by atoms with E-state index in [0.29, 0.717) is 11.6 Å². The molecular weight excluding hydrogens is 428 g/mol. The van der Waals surface area contributed by atoms with E-state index in [9.17, 15) is 9.59 Å². The first-order chi connectivity index (χ1) is 17.2. The normalized spacial score (nSPS) is 11.3. The molecule has 0 radical (unpaired) electrons. The van der Waals surface area contributed by atoms with Crippen LogP contribution < -0.4 is 0 Å². The van der Waals surface area contributed by atoms with Crippen molar-refractivity contribution in [3.63, 3.8) is 0 Å². The van der Waals surface area contributed by atoms with Crippen LogP contribution in [0.4, 0.5) is 0 Å². The van der Waals surface area contributed by atoms with Crippen LogP contribution in [0.5, 0.6) is 0 Å². The van der Waals surface area contributed by atoms with Crippen molar-refractivity contribution in [3.8, 4) is 0 Å². The zero-order valence-electron chi connectivity index (χ0n) is 24.3. The Bertz CT molecular complexity index is 442. The highest BCUT2D eigenvalue weighted by Crippen LogP contribution is 2.15. The van der Waals surface area contributed by atoms with Crippen molar-refractivity contribution in [3.05, 3.63) is 0 Å². The van der Waals surface area contributed by atoms with Gasteiger partial charge in [-0.1, -0.05) is 155 Å². The van der Waals surface area contributed by atoms with E-state index < -0.39 is 0 Å². The second-order valence-corrected chi connectivity index (χ2v) is 11.3. The van der Waals surface area contributed by atoms with Gasteiger partial charge in [-0.15, -0.1) is 0 Å². The molecule has 2 heteroatoms. The summed E-state index contributed by atoms with van der Waals surface area (Å²) < 4.78 is 0. The fourth-order valence-corrected chi connectivity index (χ4v) is 5.11. The van der Waals surface area contributed by atoms with Gasteiger partial charge in [-0.25, -0.2) is 0 Å². The molecule has 0 bridgehead atoms. The van der Waals surface area contributed by atoms with Crippen LogP contribution >= 0.6 is 0 Å². The molecule has 0 spiro atoms. The summed E-state index contributed by atoms with van der Waals surface area (Å²) in [6.07, 6.45) is 37.0. The van der Waals surface area contributed by atoms with Gasteiger partial charge in [0.1, 0.15) is 11.6 Å². The molecule has 0 aromatic heterocycles. The lowest BCUT2D eigenvalue weighted by molar-refractivity contribution is -0.119. The van der Waals surface area contributed by atoms with Gasteiger partial charge >= 0.3 is 0 Å². The van der Waals surface area contributed by atoms with Gasteiger partial charge in [-0.05, 0) is 26.2 Å². The maximum absolute atomic E-state index is 12.1. The minimum Gasteiger partial charge on any atom is -0.300 e. The molecule has 0 atom stereocenters. The predicted octanol–water partition coefficient (Wildman–Crippen LogP) is 11.5. The lowest BCUT2D eigenvalue weighted by Crippen LogP contribution is -1.97. The molecule has 0 unspecified atom stereocenters. The van der Waals surface area contributed by atoms with Crippen molar-refractivity contribution in [2.24, 2.45) is 0 Å². The molecule has 0 aliphatic rings. The van der Waals surface area contributed by atoms with Crippen molar-refractivity contribution in [2.45, 2.75) is 200 Å². The summed E-state index contributed by atoms with van der Waals surface area (Å²) >= 11 is 0. The number of hydrogen-bond donors (Lipinski definition) is 0. The standard InChI is InChI=1S/C33H64O2/c1-3-4-5-6-7-8-14-18-21-24-27-30-33(35)31-28-25-22-19-16-13-11-9-10-12-15-17-20-23-26-29-32(2)34/h3-31H2,1-2H3. The topological polar surface area (TPSA) is 34.1 Å². The van der Waals surface area contributed by atoms with Crippen LogP contribution in [-0.2, 0) is 9.59 Å². The van der Waals surface area contributed by atoms with Gasteiger partial charge in [0.15, 0.2) is 0 Å². The van der Waals surface area contributed by atoms with Crippen molar-refractivity contribution in [1.82, 2.24) is 0 Å². The quantitative estimate of drug-likeness (QED) is 0.0934. The summed E-state index contributed by atoms with van der Waals surface area (Å²) in [7, 11) is 0. The monoisotopic (exact) mass is 492 g/mol. The Morgan fingerprint density at radius 1 is 0.343 bits per heavy atom. The highest BCUT2D eigenvalue weighted by molar-refractivity contribution is 5.78. The molecule has 0 N–H and O–H groups in total. The van der Waals surface area contributed by atoms with Crippen LogP contribution in [0.1, 0.15) is 200 Å². The molecule has 0 saturated carbocycles. The molecule has 0 aliphatic heterocycles. The van der Waals surface area contributed by atoms with E-state index in [1.807, 2.05) is 0 Å². The summed E-state index contributed by atoms with van der Waals surface area (Å²) in [5, 5.41) is 0. The number of Topliss-reactive ketones (excluding diaryl/α,β-unsaturated/α-hetero) is 2. The SMILES string of the molecule is CCCCCCCCCCCCCC(=O)CCCCCCCCCCCCCCCCCC(C)=O. The van der Waals surface area contributed by atoms with E-state index in [4.69, 9.17) is 0 Å². The van der Waals surface area contributed by atoms with E-state index in [1.165, 1.54) is 148 Å². The lowest BCUT2D eigenvalue weighted by atomic mass is 10.0. The highest BCUT2D eigenvalue weighted by atomic mass is 16.1. The van der Waals surface area contributed by atoms with Gasteiger partial charge < -0.3 is 4.79 Å². The molecule has 208 valence electrons. The summed E-state index contributed by atoms with van der Waals surface area (Å²) in [4.78, 5) is 23.0. The highest BCUT2D eigenvalue weighted by Gasteiger charge is 2.02. The lowest BCUT2D eigenvalue weighted by Gasteiger charge is -2.04. The van der Waals surface area contributed by atoms with Gasteiger partial charge in [-0.2, -0.15) is 0 Å². The minimum absolute atomic E-state index is 0.338. The smallest absolute Gasteiger partial charge is 0.132 e. The van der Waals surface area contributed by atoms with Gasteiger partial charge in [0.2, 0.25) is 0 Å². The number of hydrogen-bond acceptors (Lipinski definition) is 2. The second-order valence-electron chi connectivity index (χ2n) is 11.3. The molecule has 0 fully saturated rings. The predicted molar refractivity (Wildman–Crippen MR) is 155 cm³/mol. The third kappa shape index (κ3) is 31.3. The number of rotatable bonds is 30. The number of carbonyl (C=O) groups is 2. The largest absolute Gasteiger partial charge is 0.300 e. The van der Waals surface area contributed by atoms with Crippen LogP contribution in [0, 0.1) is 0 Å². The summed E-state index contributed by atoms with van der Waals surface area (Å²) in [5.74, 6) is 0.849. The number of ketones is 2.